The zero-order chi connectivity index (χ0) is 19.5. The van der Waals surface area contributed by atoms with Gasteiger partial charge >= 0.3 is 0 Å². The molecule has 1 N–H and O–H groups in total. The lowest BCUT2D eigenvalue weighted by Gasteiger charge is -2.16. The fourth-order valence-electron chi connectivity index (χ4n) is 3.91. The molecule has 152 valence electrons. The number of nitrogens with zero attached hydrogens (tertiary/aromatic N) is 2. The molecule has 6 nitrogen and oxygen atoms in total. The average Bonchev–Trinajstić information content (AvgIpc) is 3.40. The highest BCUT2D eigenvalue weighted by Crippen LogP contribution is 2.35. The van der Waals surface area contributed by atoms with Gasteiger partial charge in [0.25, 0.3) is 5.56 Å². The van der Waals surface area contributed by atoms with E-state index in [1.165, 1.54) is 22.2 Å². The summed E-state index contributed by atoms with van der Waals surface area (Å²) in [6.45, 7) is 4.07. The molecule has 3 heterocycles. The van der Waals surface area contributed by atoms with Crippen LogP contribution in [0.15, 0.2) is 9.95 Å². The highest BCUT2D eigenvalue weighted by Gasteiger charge is 2.25. The van der Waals surface area contributed by atoms with Crippen LogP contribution in [0.25, 0.3) is 10.2 Å². The molecule has 8 heteroatoms. The Balaban J connectivity index is 1.61. The quantitative estimate of drug-likeness (QED) is 0.403. The van der Waals surface area contributed by atoms with Gasteiger partial charge in [0, 0.05) is 18.0 Å². The highest BCUT2D eigenvalue weighted by atomic mass is 32.2. The van der Waals surface area contributed by atoms with E-state index in [-0.39, 0.29) is 23.3 Å². The summed E-state index contributed by atoms with van der Waals surface area (Å²) in [5.41, 5.74) is 1.24. The first-order valence-electron chi connectivity index (χ1n) is 10.2. The minimum absolute atomic E-state index is 0.00913. The Hall–Kier alpha value is -1.38. The van der Waals surface area contributed by atoms with Crippen molar-refractivity contribution < 1.29 is 9.53 Å². The van der Waals surface area contributed by atoms with E-state index in [9.17, 15) is 9.59 Å². The summed E-state index contributed by atoms with van der Waals surface area (Å²) in [4.78, 5) is 32.5. The number of carbonyl (C=O) groups excluding carboxylic acids is 1. The van der Waals surface area contributed by atoms with Crippen LogP contribution in [-0.4, -0.2) is 40.5 Å². The topological polar surface area (TPSA) is 73.2 Å². The van der Waals surface area contributed by atoms with Gasteiger partial charge in [-0.2, -0.15) is 0 Å². The Morgan fingerprint density at radius 3 is 3.07 bits per heavy atom. The first-order valence-corrected chi connectivity index (χ1v) is 12.0. The second kappa shape index (κ2) is 8.97. The molecule has 0 radical (unpaired) electrons. The lowest BCUT2D eigenvalue weighted by atomic mass is 10.2. The van der Waals surface area contributed by atoms with E-state index in [1.807, 2.05) is 0 Å². The molecular weight excluding hydrogens is 394 g/mol. The maximum Gasteiger partial charge on any atom is 0.263 e. The van der Waals surface area contributed by atoms with Crippen molar-refractivity contribution >= 4 is 39.2 Å². The summed E-state index contributed by atoms with van der Waals surface area (Å²) in [6.07, 6.45) is 7.22. The van der Waals surface area contributed by atoms with Crippen LogP contribution >= 0.6 is 23.1 Å². The Kier molecular flexibility index (Phi) is 6.38. The maximum atomic E-state index is 13.4. The van der Waals surface area contributed by atoms with Crippen LogP contribution in [0.1, 0.15) is 49.5 Å². The molecule has 1 aliphatic carbocycles. The van der Waals surface area contributed by atoms with Crippen molar-refractivity contribution in [1.29, 1.82) is 0 Å². The summed E-state index contributed by atoms with van der Waals surface area (Å²) in [5.74, 6) is 0.267. The van der Waals surface area contributed by atoms with Crippen LogP contribution in [-0.2, 0) is 28.9 Å². The van der Waals surface area contributed by atoms with E-state index in [1.54, 1.807) is 15.9 Å². The van der Waals surface area contributed by atoms with Gasteiger partial charge in [0.2, 0.25) is 5.91 Å². The van der Waals surface area contributed by atoms with E-state index in [0.29, 0.717) is 18.2 Å². The smallest absolute Gasteiger partial charge is 0.263 e. The van der Waals surface area contributed by atoms with Gasteiger partial charge in [0.15, 0.2) is 5.16 Å². The predicted octanol–water partition coefficient (Wildman–Crippen LogP) is 3.13. The van der Waals surface area contributed by atoms with E-state index < -0.39 is 0 Å². The van der Waals surface area contributed by atoms with Crippen LogP contribution < -0.4 is 10.9 Å². The van der Waals surface area contributed by atoms with Gasteiger partial charge < -0.3 is 10.1 Å². The average molecular weight is 422 g/mol. The summed E-state index contributed by atoms with van der Waals surface area (Å²) < 4.78 is 7.53. The number of hydrogen-bond acceptors (Lipinski definition) is 6. The van der Waals surface area contributed by atoms with Gasteiger partial charge in [-0.05, 0) is 44.1 Å². The van der Waals surface area contributed by atoms with Gasteiger partial charge in [0.1, 0.15) is 4.83 Å². The molecule has 2 aromatic heterocycles. The largest absolute Gasteiger partial charge is 0.376 e. The molecule has 1 amide bonds. The third-order valence-corrected chi connectivity index (χ3v) is 7.55. The lowest BCUT2D eigenvalue weighted by molar-refractivity contribution is -0.118. The van der Waals surface area contributed by atoms with Gasteiger partial charge in [-0.3, -0.25) is 14.2 Å². The molecule has 1 aliphatic heterocycles. The zero-order valence-corrected chi connectivity index (χ0v) is 17.9. The predicted molar refractivity (Wildman–Crippen MR) is 114 cm³/mol. The number of thiophene rings is 1. The first kappa shape index (κ1) is 19.9. The van der Waals surface area contributed by atoms with Crippen LogP contribution in [0.3, 0.4) is 0 Å². The molecule has 1 atom stereocenters. The molecule has 0 aromatic carbocycles. The third kappa shape index (κ3) is 4.14. The molecule has 0 bridgehead atoms. The molecule has 1 fully saturated rings. The second-order valence-electron chi connectivity index (χ2n) is 7.47. The number of amides is 1. The Morgan fingerprint density at radius 2 is 2.29 bits per heavy atom. The van der Waals surface area contributed by atoms with Crippen molar-refractivity contribution in [2.45, 2.75) is 69.7 Å². The number of aryl methyl sites for hydroxylation is 2. The number of carbonyl (C=O) groups is 1. The fraction of sp³-hybridized carbons (Fsp3) is 0.650. The Morgan fingerprint density at radius 1 is 1.39 bits per heavy atom. The molecule has 0 saturated carbocycles. The number of rotatable bonds is 8. The number of unbranched alkanes of at least 4 members (excludes halogenated alkanes) is 1. The van der Waals surface area contributed by atoms with Crippen molar-refractivity contribution in [2.24, 2.45) is 0 Å². The summed E-state index contributed by atoms with van der Waals surface area (Å²) >= 11 is 3.00. The van der Waals surface area contributed by atoms with Crippen molar-refractivity contribution in [3.8, 4) is 0 Å². The van der Waals surface area contributed by atoms with E-state index in [4.69, 9.17) is 9.72 Å². The molecular formula is C20H27N3O3S2. The molecule has 2 aliphatic rings. The van der Waals surface area contributed by atoms with Gasteiger partial charge in [-0.25, -0.2) is 4.98 Å². The number of aromatic nitrogens is 2. The third-order valence-electron chi connectivity index (χ3n) is 5.38. The Labute approximate surface area is 173 Å². The number of nitrogens with one attached hydrogen (secondary N) is 1. The van der Waals surface area contributed by atoms with E-state index >= 15 is 0 Å². The van der Waals surface area contributed by atoms with Crippen molar-refractivity contribution in [2.75, 3.05) is 18.9 Å². The second-order valence-corrected chi connectivity index (χ2v) is 9.50. The van der Waals surface area contributed by atoms with Crippen molar-refractivity contribution in [3.05, 3.63) is 20.8 Å². The normalized spacial score (nSPS) is 18.7. The lowest BCUT2D eigenvalue weighted by Crippen LogP contribution is -2.30. The van der Waals surface area contributed by atoms with Crippen LogP contribution in [0, 0.1) is 0 Å². The van der Waals surface area contributed by atoms with Crippen molar-refractivity contribution in [1.82, 2.24) is 14.9 Å². The van der Waals surface area contributed by atoms with Crippen LogP contribution in [0.2, 0.25) is 0 Å². The highest BCUT2D eigenvalue weighted by molar-refractivity contribution is 7.99. The minimum Gasteiger partial charge on any atom is -0.376 e. The number of fused-ring (bicyclic) bond motifs is 3. The van der Waals surface area contributed by atoms with E-state index in [2.05, 4.69) is 12.2 Å². The standard InChI is InChI=1S/C20H27N3O3S2/c1-2-3-9-21-16(24)12-27-20-22-18-17(14-7-4-8-15(14)28-18)19(25)23(20)11-13-6-5-10-26-13/h13H,2-12H2,1H3,(H,21,24)/t13-/m0/s1. The zero-order valence-electron chi connectivity index (χ0n) is 16.3. The molecule has 4 rings (SSSR count). The van der Waals surface area contributed by atoms with E-state index in [0.717, 1.165) is 61.8 Å². The minimum atomic E-state index is -0.00913. The van der Waals surface area contributed by atoms with Gasteiger partial charge in [-0.1, -0.05) is 25.1 Å². The molecule has 2 aromatic rings. The van der Waals surface area contributed by atoms with Gasteiger partial charge in [0.05, 0.1) is 23.8 Å². The molecule has 1 saturated heterocycles. The number of ether oxygens (including phenoxy) is 1. The first-order chi connectivity index (χ1) is 13.7. The van der Waals surface area contributed by atoms with Crippen LogP contribution in [0.5, 0.6) is 0 Å². The van der Waals surface area contributed by atoms with Gasteiger partial charge in [-0.15, -0.1) is 11.3 Å². The summed E-state index contributed by atoms with van der Waals surface area (Å²) in [6, 6.07) is 0. The van der Waals surface area contributed by atoms with Crippen LogP contribution in [0.4, 0.5) is 0 Å². The summed E-state index contributed by atoms with van der Waals surface area (Å²) in [7, 11) is 0. The number of hydrogen-bond donors (Lipinski definition) is 1. The molecule has 28 heavy (non-hydrogen) atoms. The fourth-order valence-corrected chi connectivity index (χ4v) is 6.05. The molecule has 0 spiro atoms. The maximum absolute atomic E-state index is 13.4. The monoisotopic (exact) mass is 421 g/mol. The molecule has 0 unspecified atom stereocenters. The Bertz CT molecular complexity index is 916. The summed E-state index contributed by atoms with van der Waals surface area (Å²) in [5, 5.41) is 4.37. The SMILES string of the molecule is CCCCNC(=O)CSc1nc2sc3c(c2c(=O)n1C[C@@H]1CCCO1)CCC3. The van der Waals surface area contributed by atoms with Crippen molar-refractivity contribution in [3.63, 3.8) is 0 Å². The number of thioether (sulfide) groups is 1.